The Morgan fingerprint density at radius 2 is 1.95 bits per heavy atom. The summed E-state index contributed by atoms with van der Waals surface area (Å²) in [4.78, 5) is 17.3. The average molecular weight is 313 g/mol. The van der Waals surface area contributed by atoms with E-state index in [-0.39, 0.29) is 5.28 Å². The third kappa shape index (κ3) is 4.97. The van der Waals surface area contributed by atoms with Crippen LogP contribution in [-0.4, -0.2) is 60.1 Å². The standard InChI is InChI=1S/C14H25ClN6/c1-4-7-16-13-17-12(15)18-14(19-13)21-8-5-11(6-9-21)10-20(2)3/h11H,4-10H2,1-3H3,(H,16,17,18,19). The summed E-state index contributed by atoms with van der Waals surface area (Å²) in [6.45, 7) is 6.05. The highest BCUT2D eigenvalue weighted by molar-refractivity contribution is 6.28. The lowest BCUT2D eigenvalue weighted by Crippen LogP contribution is -2.38. The molecule has 0 atom stereocenters. The zero-order chi connectivity index (χ0) is 15.2. The molecule has 0 aromatic carbocycles. The monoisotopic (exact) mass is 312 g/mol. The maximum atomic E-state index is 6.01. The molecular formula is C14H25ClN6. The number of hydrogen-bond acceptors (Lipinski definition) is 6. The largest absolute Gasteiger partial charge is 0.354 e. The van der Waals surface area contributed by atoms with E-state index < -0.39 is 0 Å². The summed E-state index contributed by atoms with van der Waals surface area (Å²) in [5.41, 5.74) is 0. The van der Waals surface area contributed by atoms with Crippen molar-refractivity contribution in [3.05, 3.63) is 5.28 Å². The van der Waals surface area contributed by atoms with Gasteiger partial charge in [-0.3, -0.25) is 0 Å². The van der Waals surface area contributed by atoms with E-state index in [1.807, 2.05) is 0 Å². The van der Waals surface area contributed by atoms with Crippen LogP contribution in [0.4, 0.5) is 11.9 Å². The molecule has 2 heterocycles. The van der Waals surface area contributed by atoms with Gasteiger partial charge in [-0.15, -0.1) is 0 Å². The molecule has 0 bridgehead atoms. The molecule has 0 saturated carbocycles. The molecule has 0 aliphatic carbocycles. The van der Waals surface area contributed by atoms with E-state index in [4.69, 9.17) is 11.6 Å². The van der Waals surface area contributed by atoms with Crippen molar-refractivity contribution in [1.82, 2.24) is 19.9 Å². The van der Waals surface area contributed by atoms with Gasteiger partial charge in [0.05, 0.1) is 0 Å². The summed E-state index contributed by atoms with van der Waals surface area (Å²) in [7, 11) is 4.26. The molecule has 1 saturated heterocycles. The molecule has 1 aromatic heterocycles. The number of anilines is 2. The fraction of sp³-hybridized carbons (Fsp3) is 0.786. The number of nitrogens with zero attached hydrogens (tertiary/aromatic N) is 5. The molecule has 0 unspecified atom stereocenters. The van der Waals surface area contributed by atoms with Crippen LogP contribution < -0.4 is 10.2 Å². The van der Waals surface area contributed by atoms with Crippen LogP contribution in [0.3, 0.4) is 0 Å². The second-order valence-electron chi connectivity index (χ2n) is 5.85. The van der Waals surface area contributed by atoms with Gasteiger partial charge in [0.15, 0.2) is 0 Å². The van der Waals surface area contributed by atoms with Crippen LogP contribution >= 0.6 is 11.6 Å². The second-order valence-corrected chi connectivity index (χ2v) is 6.19. The highest BCUT2D eigenvalue weighted by Gasteiger charge is 2.22. The van der Waals surface area contributed by atoms with Gasteiger partial charge in [-0.1, -0.05) is 6.92 Å². The Bertz CT molecular complexity index is 445. The van der Waals surface area contributed by atoms with Gasteiger partial charge in [0.25, 0.3) is 0 Å². The molecule has 21 heavy (non-hydrogen) atoms. The van der Waals surface area contributed by atoms with Gasteiger partial charge >= 0.3 is 0 Å². The summed E-state index contributed by atoms with van der Waals surface area (Å²) in [6.07, 6.45) is 3.35. The van der Waals surface area contributed by atoms with Crippen molar-refractivity contribution in [3.63, 3.8) is 0 Å². The van der Waals surface area contributed by atoms with Crippen LogP contribution in [0.25, 0.3) is 0 Å². The molecule has 1 aromatic rings. The van der Waals surface area contributed by atoms with Crippen molar-refractivity contribution >= 4 is 23.5 Å². The Labute approximate surface area is 131 Å². The van der Waals surface area contributed by atoms with Crippen LogP contribution in [0.2, 0.25) is 5.28 Å². The Balaban J connectivity index is 1.97. The summed E-state index contributed by atoms with van der Waals surface area (Å²) in [5.74, 6) is 2.02. The van der Waals surface area contributed by atoms with Crippen LogP contribution in [0.15, 0.2) is 0 Å². The first kappa shape index (κ1) is 16.2. The normalized spacial score (nSPS) is 16.5. The van der Waals surface area contributed by atoms with Crippen LogP contribution in [-0.2, 0) is 0 Å². The van der Waals surface area contributed by atoms with E-state index in [1.54, 1.807) is 0 Å². The SMILES string of the molecule is CCCNc1nc(Cl)nc(N2CCC(CN(C)C)CC2)n1. The zero-order valence-electron chi connectivity index (χ0n) is 13.1. The lowest BCUT2D eigenvalue weighted by molar-refractivity contribution is 0.284. The first-order chi connectivity index (χ1) is 10.1. The van der Waals surface area contributed by atoms with Crippen LogP contribution in [0.1, 0.15) is 26.2 Å². The Kier molecular flexibility index (Phi) is 5.99. The van der Waals surface area contributed by atoms with E-state index in [2.05, 4.69) is 51.1 Å². The summed E-state index contributed by atoms with van der Waals surface area (Å²) < 4.78 is 0. The summed E-state index contributed by atoms with van der Waals surface area (Å²) >= 11 is 6.01. The summed E-state index contributed by atoms with van der Waals surface area (Å²) in [5, 5.41) is 3.43. The van der Waals surface area contributed by atoms with Gasteiger partial charge in [0.2, 0.25) is 17.2 Å². The van der Waals surface area contributed by atoms with Crippen molar-refractivity contribution in [2.24, 2.45) is 5.92 Å². The van der Waals surface area contributed by atoms with Crippen LogP contribution in [0.5, 0.6) is 0 Å². The molecule has 7 heteroatoms. The second kappa shape index (κ2) is 7.75. The fourth-order valence-corrected chi connectivity index (χ4v) is 2.78. The van der Waals surface area contributed by atoms with Gasteiger partial charge in [0.1, 0.15) is 0 Å². The fourth-order valence-electron chi connectivity index (χ4n) is 2.63. The maximum Gasteiger partial charge on any atom is 0.231 e. The minimum Gasteiger partial charge on any atom is -0.354 e. The molecule has 1 aliphatic rings. The van der Waals surface area contributed by atoms with Crippen molar-refractivity contribution in [2.45, 2.75) is 26.2 Å². The van der Waals surface area contributed by atoms with E-state index in [0.717, 1.165) is 38.5 Å². The van der Waals surface area contributed by atoms with Crippen molar-refractivity contribution in [2.75, 3.05) is 50.5 Å². The molecule has 1 N–H and O–H groups in total. The Hall–Kier alpha value is -1.14. The quantitative estimate of drug-likeness (QED) is 0.868. The first-order valence-corrected chi connectivity index (χ1v) is 8.01. The Morgan fingerprint density at radius 1 is 1.24 bits per heavy atom. The number of hydrogen-bond donors (Lipinski definition) is 1. The maximum absolute atomic E-state index is 6.01. The van der Waals surface area contributed by atoms with Gasteiger partial charge < -0.3 is 15.1 Å². The number of rotatable bonds is 6. The van der Waals surface area contributed by atoms with Gasteiger partial charge in [-0.05, 0) is 50.9 Å². The predicted molar refractivity (Wildman–Crippen MR) is 87.1 cm³/mol. The van der Waals surface area contributed by atoms with Gasteiger partial charge in [-0.25, -0.2) is 0 Å². The molecule has 0 amide bonds. The molecule has 2 rings (SSSR count). The third-order valence-corrected chi connectivity index (χ3v) is 3.82. The van der Waals surface area contributed by atoms with E-state index in [0.29, 0.717) is 11.9 Å². The molecule has 1 fully saturated rings. The highest BCUT2D eigenvalue weighted by Crippen LogP contribution is 2.22. The van der Waals surface area contributed by atoms with E-state index in [1.165, 1.54) is 12.8 Å². The van der Waals surface area contributed by atoms with Crippen molar-refractivity contribution in [1.29, 1.82) is 0 Å². The molecule has 0 radical (unpaired) electrons. The number of nitrogens with one attached hydrogen (secondary N) is 1. The van der Waals surface area contributed by atoms with Crippen molar-refractivity contribution in [3.8, 4) is 0 Å². The number of piperidine rings is 1. The number of aromatic nitrogens is 3. The van der Waals surface area contributed by atoms with Gasteiger partial charge in [0, 0.05) is 26.2 Å². The van der Waals surface area contributed by atoms with Crippen LogP contribution in [0, 0.1) is 5.92 Å². The Morgan fingerprint density at radius 3 is 2.57 bits per heavy atom. The lowest BCUT2D eigenvalue weighted by atomic mass is 9.97. The predicted octanol–water partition coefficient (Wildman–Crippen LogP) is 2.12. The van der Waals surface area contributed by atoms with Crippen molar-refractivity contribution < 1.29 is 0 Å². The topological polar surface area (TPSA) is 57.2 Å². The van der Waals surface area contributed by atoms with E-state index in [9.17, 15) is 0 Å². The smallest absolute Gasteiger partial charge is 0.231 e. The zero-order valence-corrected chi connectivity index (χ0v) is 13.9. The molecule has 1 aliphatic heterocycles. The first-order valence-electron chi connectivity index (χ1n) is 7.63. The minimum atomic E-state index is 0.258. The molecule has 118 valence electrons. The average Bonchev–Trinajstić information content (AvgIpc) is 2.44. The molecular weight excluding hydrogens is 288 g/mol. The third-order valence-electron chi connectivity index (χ3n) is 3.65. The van der Waals surface area contributed by atoms with Gasteiger partial charge in [-0.2, -0.15) is 15.0 Å². The molecule has 6 nitrogen and oxygen atoms in total. The minimum absolute atomic E-state index is 0.258. The highest BCUT2D eigenvalue weighted by atomic mass is 35.5. The number of halogens is 1. The molecule has 0 spiro atoms. The lowest BCUT2D eigenvalue weighted by Gasteiger charge is -2.33. The summed E-state index contributed by atoms with van der Waals surface area (Å²) in [6, 6.07) is 0. The van der Waals surface area contributed by atoms with E-state index >= 15 is 0 Å².